The first kappa shape index (κ1) is 43.3. The Kier molecular flexibility index (Phi) is 34.7. The van der Waals surface area contributed by atoms with Gasteiger partial charge in [0.15, 0.2) is 6.10 Å². The second-order valence-electron chi connectivity index (χ2n) is 11.9. The van der Waals surface area contributed by atoms with E-state index in [1.807, 2.05) is 12.2 Å². The highest BCUT2D eigenvalue weighted by molar-refractivity contribution is 5.70. The number of rotatable bonds is 32. The lowest BCUT2D eigenvalue weighted by atomic mass is 10.0. The molecule has 0 heterocycles. The molecule has 46 heavy (non-hydrogen) atoms. The Hall–Kier alpha value is -2.66. The van der Waals surface area contributed by atoms with Crippen LogP contribution < -0.4 is 0 Å². The van der Waals surface area contributed by atoms with E-state index in [1.165, 1.54) is 64.2 Å². The monoisotopic (exact) mass is 641 g/mol. The summed E-state index contributed by atoms with van der Waals surface area (Å²) in [5, 5.41) is 9.52. The fourth-order valence-corrected chi connectivity index (χ4v) is 4.75. The SMILES string of the molecule is CC/C=C/C/C=C/C/C=C/C/C=C/C/C=C/C/C=C/CCC(=O)OC[C@H](CO)OC(=O)CCCCCCCCCCCCCCC. The molecule has 0 aliphatic heterocycles. The van der Waals surface area contributed by atoms with Crippen LogP contribution in [0.4, 0.5) is 0 Å². The summed E-state index contributed by atoms with van der Waals surface area (Å²) in [4.78, 5) is 24.2. The molecule has 0 radical (unpaired) electrons. The van der Waals surface area contributed by atoms with Gasteiger partial charge in [-0.05, 0) is 51.4 Å². The molecular weight excluding hydrogens is 572 g/mol. The van der Waals surface area contributed by atoms with Gasteiger partial charge in [0, 0.05) is 12.8 Å². The van der Waals surface area contributed by atoms with Gasteiger partial charge in [-0.1, -0.05) is 164 Å². The van der Waals surface area contributed by atoms with Crippen LogP contribution in [-0.2, 0) is 19.1 Å². The summed E-state index contributed by atoms with van der Waals surface area (Å²) in [6.45, 7) is 3.94. The van der Waals surface area contributed by atoms with E-state index in [0.717, 1.165) is 57.8 Å². The van der Waals surface area contributed by atoms with Crippen LogP contribution in [0.15, 0.2) is 72.9 Å². The molecule has 0 bridgehead atoms. The van der Waals surface area contributed by atoms with Crippen LogP contribution in [-0.4, -0.2) is 36.4 Å². The highest BCUT2D eigenvalue weighted by atomic mass is 16.6. The largest absolute Gasteiger partial charge is 0.462 e. The van der Waals surface area contributed by atoms with Gasteiger partial charge < -0.3 is 14.6 Å². The standard InChI is InChI=1S/C41H68O5/c1-3-5-7-9-11-13-15-17-18-19-20-21-22-24-25-27-29-31-33-35-40(43)45-38-39(37-42)46-41(44)36-34-32-30-28-26-23-16-14-12-10-8-6-4-2/h5,7,11,13,17-18,20-21,24-25,29,31,39,42H,3-4,6,8-10,12,14-16,19,22-23,26-28,30,32-38H2,1-2H3/b7-5+,13-11+,18-17+,21-20+,25-24+,31-29+/t39-/m0/s1. The molecule has 0 aromatic rings. The smallest absolute Gasteiger partial charge is 0.306 e. The van der Waals surface area contributed by atoms with E-state index < -0.39 is 6.10 Å². The molecule has 1 atom stereocenters. The van der Waals surface area contributed by atoms with Crippen LogP contribution in [0.3, 0.4) is 0 Å². The normalized spacial score (nSPS) is 13.0. The van der Waals surface area contributed by atoms with Gasteiger partial charge in [-0.25, -0.2) is 0 Å². The number of carbonyl (C=O) groups excluding carboxylic acids is 2. The molecule has 0 rings (SSSR count). The van der Waals surface area contributed by atoms with Crippen LogP contribution in [0.1, 0.15) is 155 Å². The number of hydrogen-bond donors (Lipinski definition) is 1. The van der Waals surface area contributed by atoms with Gasteiger partial charge in [-0.15, -0.1) is 0 Å². The maximum atomic E-state index is 12.1. The second-order valence-corrected chi connectivity index (χ2v) is 11.9. The van der Waals surface area contributed by atoms with Gasteiger partial charge in [0.1, 0.15) is 6.61 Å². The lowest BCUT2D eigenvalue weighted by Crippen LogP contribution is -2.28. The number of hydrogen-bond acceptors (Lipinski definition) is 5. The van der Waals surface area contributed by atoms with Gasteiger partial charge in [-0.3, -0.25) is 9.59 Å². The molecule has 262 valence electrons. The fourth-order valence-electron chi connectivity index (χ4n) is 4.75. The van der Waals surface area contributed by atoms with E-state index in [4.69, 9.17) is 9.47 Å². The molecule has 0 aliphatic rings. The van der Waals surface area contributed by atoms with Crippen molar-refractivity contribution in [2.75, 3.05) is 13.2 Å². The first-order valence-electron chi connectivity index (χ1n) is 18.5. The van der Waals surface area contributed by atoms with Crippen molar-refractivity contribution >= 4 is 11.9 Å². The maximum absolute atomic E-state index is 12.1. The minimum Gasteiger partial charge on any atom is -0.462 e. The lowest BCUT2D eigenvalue weighted by Gasteiger charge is -2.15. The summed E-state index contributed by atoms with van der Waals surface area (Å²) in [6, 6.07) is 0. The third-order valence-corrected chi connectivity index (χ3v) is 7.53. The molecule has 0 aromatic heterocycles. The minimum absolute atomic E-state index is 0.108. The van der Waals surface area contributed by atoms with Crippen LogP contribution in [0.5, 0.6) is 0 Å². The highest BCUT2D eigenvalue weighted by Crippen LogP contribution is 2.13. The summed E-state index contributed by atoms with van der Waals surface area (Å²) in [6.07, 6.45) is 48.2. The quantitative estimate of drug-likeness (QED) is 0.0450. The van der Waals surface area contributed by atoms with Crippen molar-refractivity contribution in [3.05, 3.63) is 72.9 Å². The van der Waals surface area contributed by atoms with E-state index in [1.54, 1.807) is 0 Å². The summed E-state index contributed by atoms with van der Waals surface area (Å²) < 4.78 is 10.5. The molecule has 5 heteroatoms. The number of allylic oxidation sites excluding steroid dienone is 12. The third kappa shape index (κ3) is 34.2. The van der Waals surface area contributed by atoms with E-state index in [-0.39, 0.29) is 31.6 Å². The zero-order chi connectivity index (χ0) is 33.6. The van der Waals surface area contributed by atoms with Crippen molar-refractivity contribution in [3.8, 4) is 0 Å². The molecule has 0 aliphatic carbocycles. The lowest BCUT2D eigenvalue weighted by molar-refractivity contribution is -0.161. The van der Waals surface area contributed by atoms with Crippen molar-refractivity contribution in [3.63, 3.8) is 0 Å². The molecule has 5 nitrogen and oxygen atoms in total. The topological polar surface area (TPSA) is 72.8 Å². The number of aliphatic hydroxyl groups is 1. The molecular formula is C41H68O5. The Morgan fingerprint density at radius 3 is 1.37 bits per heavy atom. The summed E-state index contributed by atoms with van der Waals surface area (Å²) >= 11 is 0. The van der Waals surface area contributed by atoms with Crippen molar-refractivity contribution in [2.45, 2.75) is 161 Å². The number of ether oxygens (including phenoxy) is 2. The Balaban J connectivity index is 3.73. The zero-order valence-electron chi connectivity index (χ0n) is 29.6. The van der Waals surface area contributed by atoms with E-state index in [9.17, 15) is 14.7 Å². The summed E-state index contributed by atoms with van der Waals surface area (Å²) in [7, 11) is 0. The molecule has 0 spiro atoms. The van der Waals surface area contributed by atoms with Gasteiger partial charge in [0.2, 0.25) is 0 Å². The van der Waals surface area contributed by atoms with Gasteiger partial charge >= 0.3 is 11.9 Å². The molecule has 0 amide bonds. The Bertz CT molecular complexity index is 864. The van der Waals surface area contributed by atoms with Crippen molar-refractivity contribution < 1.29 is 24.2 Å². The average Bonchev–Trinajstić information content (AvgIpc) is 3.06. The van der Waals surface area contributed by atoms with E-state index in [2.05, 4.69) is 74.6 Å². The second kappa shape index (κ2) is 36.8. The fraction of sp³-hybridized carbons (Fsp3) is 0.659. The molecule has 0 saturated heterocycles. The minimum atomic E-state index is -0.802. The van der Waals surface area contributed by atoms with Gasteiger partial charge in [-0.2, -0.15) is 0 Å². The van der Waals surface area contributed by atoms with Crippen molar-refractivity contribution in [1.29, 1.82) is 0 Å². The predicted molar refractivity (Wildman–Crippen MR) is 196 cm³/mol. The number of aliphatic hydroxyl groups excluding tert-OH is 1. The number of unbranched alkanes of at least 4 members (excludes halogenated alkanes) is 12. The van der Waals surface area contributed by atoms with Crippen LogP contribution in [0.25, 0.3) is 0 Å². The zero-order valence-corrected chi connectivity index (χ0v) is 29.6. The summed E-state index contributed by atoms with van der Waals surface area (Å²) in [5.74, 6) is -0.693. The first-order chi connectivity index (χ1) is 22.6. The van der Waals surface area contributed by atoms with Crippen molar-refractivity contribution in [2.24, 2.45) is 0 Å². The van der Waals surface area contributed by atoms with Crippen molar-refractivity contribution in [1.82, 2.24) is 0 Å². The number of esters is 2. The predicted octanol–water partition coefficient (Wildman–Crippen LogP) is 11.4. The third-order valence-electron chi connectivity index (χ3n) is 7.53. The Morgan fingerprint density at radius 1 is 0.522 bits per heavy atom. The van der Waals surface area contributed by atoms with E-state index in [0.29, 0.717) is 12.8 Å². The molecule has 0 fully saturated rings. The maximum Gasteiger partial charge on any atom is 0.306 e. The number of carbonyl (C=O) groups is 2. The van der Waals surface area contributed by atoms with Crippen LogP contribution >= 0.6 is 0 Å². The first-order valence-corrected chi connectivity index (χ1v) is 18.5. The average molecular weight is 641 g/mol. The molecule has 1 N–H and O–H groups in total. The van der Waals surface area contributed by atoms with Gasteiger partial charge in [0.25, 0.3) is 0 Å². The molecule has 0 aromatic carbocycles. The highest BCUT2D eigenvalue weighted by Gasteiger charge is 2.15. The van der Waals surface area contributed by atoms with Gasteiger partial charge in [0.05, 0.1) is 6.61 Å². The Labute approximate surface area is 283 Å². The van der Waals surface area contributed by atoms with E-state index >= 15 is 0 Å². The summed E-state index contributed by atoms with van der Waals surface area (Å²) in [5.41, 5.74) is 0. The molecule has 0 unspecified atom stereocenters. The molecule has 0 saturated carbocycles. The van der Waals surface area contributed by atoms with Crippen LogP contribution in [0.2, 0.25) is 0 Å². The van der Waals surface area contributed by atoms with Crippen LogP contribution in [0, 0.1) is 0 Å². The Morgan fingerprint density at radius 2 is 0.935 bits per heavy atom.